The molecule has 0 saturated carbocycles. The number of hydrogen-bond donors (Lipinski definition) is 0. The lowest BCUT2D eigenvalue weighted by molar-refractivity contribution is 0.365. The summed E-state index contributed by atoms with van der Waals surface area (Å²) in [5.74, 6) is 0. The van der Waals surface area contributed by atoms with E-state index in [-0.39, 0.29) is 0 Å². The monoisotopic (exact) mass is 320 g/mol. The third kappa shape index (κ3) is 2.15. The van der Waals surface area contributed by atoms with Gasteiger partial charge in [-0.1, -0.05) is 24.3 Å². The van der Waals surface area contributed by atoms with E-state index in [0.29, 0.717) is 26.4 Å². The summed E-state index contributed by atoms with van der Waals surface area (Å²) >= 11 is 0. The predicted molar refractivity (Wildman–Crippen MR) is 91.6 cm³/mol. The van der Waals surface area contributed by atoms with Gasteiger partial charge in [0.15, 0.2) is 0 Å². The van der Waals surface area contributed by atoms with Crippen molar-refractivity contribution in [3.8, 4) is 0 Å². The molecule has 8 heteroatoms. The molecule has 0 spiro atoms. The Morgan fingerprint density at radius 1 is 0.667 bits per heavy atom. The van der Waals surface area contributed by atoms with E-state index in [9.17, 15) is 0 Å². The Labute approximate surface area is 139 Å². The smallest absolute Gasteiger partial charge is 0.405 e. The number of nitrogens with zero attached hydrogens (tertiary/aromatic N) is 2. The van der Waals surface area contributed by atoms with Gasteiger partial charge in [-0.05, 0) is 10.8 Å². The predicted octanol–water partition coefficient (Wildman–Crippen LogP) is 0.267. The van der Waals surface area contributed by atoms with Crippen LogP contribution < -0.4 is 10.9 Å². The van der Waals surface area contributed by atoms with Gasteiger partial charge in [-0.2, -0.15) is 0 Å². The molecule has 3 heterocycles. The molecule has 24 heavy (non-hydrogen) atoms. The van der Waals surface area contributed by atoms with Crippen molar-refractivity contribution in [1.82, 2.24) is 9.97 Å². The molecule has 0 radical (unpaired) electrons. The molecule has 0 amide bonds. The molecular weight excluding hydrogens is 306 g/mol. The molecule has 118 valence electrons. The fourth-order valence-electron chi connectivity index (χ4n) is 3.47. The van der Waals surface area contributed by atoms with Crippen molar-refractivity contribution < 1.29 is 18.6 Å². The summed E-state index contributed by atoms with van der Waals surface area (Å²) in [6.45, 7) is 2.32. The lowest BCUT2D eigenvalue weighted by Gasteiger charge is -2.17. The van der Waals surface area contributed by atoms with Crippen molar-refractivity contribution in [1.29, 1.82) is 0 Å². The third-order valence-electron chi connectivity index (χ3n) is 4.43. The third-order valence-corrected chi connectivity index (χ3v) is 4.43. The number of aromatic nitrogens is 2. The van der Waals surface area contributed by atoms with Gasteiger partial charge in [-0.3, -0.25) is 9.97 Å². The second kappa shape index (κ2) is 5.82. The molecule has 0 atom stereocenters. The average molecular weight is 320 g/mol. The van der Waals surface area contributed by atoms with Gasteiger partial charge in [0.25, 0.3) is 0 Å². The Kier molecular flexibility index (Phi) is 3.48. The summed E-state index contributed by atoms with van der Waals surface area (Å²) < 4.78 is 23.1. The van der Waals surface area contributed by atoms with Crippen LogP contribution in [-0.2, 0) is 18.6 Å². The zero-order chi connectivity index (χ0) is 15.9. The first-order valence-electron chi connectivity index (χ1n) is 8.05. The van der Waals surface area contributed by atoms with Gasteiger partial charge >= 0.3 is 14.2 Å². The zero-order valence-corrected chi connectivity index (χ0v) is 13.0. The van der Waals surface area contributed by atoms with Crippen LogP contribution in [0.4, 0.5) is 0 Å². The van der Waals surface area contributed by atoms with E-state index < -0.39 is 14.2 Å². The molecule has 2 aliphatic heterocycles. The maximum Gasteiger partial charge on any atom is 0.496 e. The van der Waals surface area contributed by atoms with Crippen molar-refractivity contribution in [2.75, 3.05) is 26.4 Å². The molecule has 1 aromatic heterocycles. The second-order valence-electron chi connectivity index (χ2n) is 5.77. The Balaban J connectivity index is 1.89. The van der Waals surface area contributed by atoms with Gasteiger partial charge in [0.1, 0.15) is 0 Å². The standard InChI is InChI=1S/C16H14B2N2O4/c1-2-4-12-11(3-1)13(17-21-7-8-22-17)15-16(20-6-5-19-15)14(12)18-23-9-10-24-18/h1-6H,7-10H2. The molecule has 0 aliphatic carbocycles. The summed E-state index contributed by atoms with van der Waals surface area (Å²) in [6, 6.07) is 8.12. The molecule has 0 unspecified atom stereocenters. The number of fused-ring (bicyclic) bond motifs is 2. The van der Waals surface area contributed by atoms with E-state index in [4.69, 9.17) is 18.6 Å². The van der Waals surface area contributed by atoms with Gasteiger partial charge in [0.05, 0.1) is 37.5 Å². The van der Waals surface area contributed by atoms with E-state index >= 15 is 0 Å². The molecule has 0 N–H and O–H groups in total. The van der Waals surface area contributed by atoms with E-state index in [1.165, 1.54) is 0 Å². The Morgan fingerprint density at radius 2 is 1.08 bits per heavy atom. The molecule has 2 saturated heterocycles. The van der Waals surface area contributed by atoms with E-state index in [0.717, 1.165) is 32.7 Å². The molecular formula is C16H14B2N2O4. The first kappa shape index (κ1) is 14.4. The van der Waals surface area contributed by atoms with Crippen LogP contribution >= 0.6 is 0 Å². The van der Waals surface area contributed by atoms with Gasteiger partial charge in [0, 0.05) is 23.3 Å². The van der Waals surface area contributed by atoms with Crippen LogP contribution in [-0.4, -0.2) is 50.6 Å². The quantitative estimate of drug-likeness (QED) is 0.499. The lowest BCUT2D eigenvalue weighted by atomic mass is 9.68. The minimum absolute atomic E-state index is 0.423. The second-order valence-corrected chi connectivity index (χ2v) is 5.77. The van der Waals surface area contributed by atoms with Gasteiger partial charge < -0.3 is 18.6 Å². The fraction of sp³-hybridized carbons (Fsp3) is 0.250. The molecule has 2 aromatic carbocycles. The molecule has 5 rings (SSSR count). The average Bonchev–Trinajstić information content (AvgIpc) is 3.33. The van der Waals surface area contributed by atoms with Crippen LogP contribution in [0, 0.1) is 0 Å². The highest BCUT2D eigenvalue weighted by Gasteiger charge is 2.36. The first-order valence-corrected chi connectivity index (χ1v) is 8.05. The number of benzene rings is 2. The molecule has 0 bridgehead atoms. The van der Waals surface area contributed by atoms with E-state index in [2.05, 4.69) is 22.1 Å². The summed E-state index contributed by atoms with van der Waals surface area (Å²) in [5, 5.41) is 2.07. The van der Waals surface area contributed by atoms with Gasteiger partial charge in [-0.25, -0.2) is 0 Å². The van der Waals surface area contributed by atoms with Crippen LogP contribution in [0.5, 0.6) is 0 Å². The Morgan fingerprint density at radius 3 is 1.50 bits per heavy atom. The molecule has 2 fully saturated rings. The normalized spacial score (nSPS) is 18.2. The van der Waals surface area contributed by atoms with Gasteiger partial charge in [-0.15, -0.1) is 0 Å². The zero-order valence-electron chi connectivity index (χ0n) is 13.0. The Bertz CT molecular complexity index is 780. The number of hydrogen-bond acceptors (Lipinski definition) is 6. The highest BCUT2D eigenvalue weighted by molar-refractivity contribution is 6.73. The molecule has 3 aromatic rings. The minimum atomic E-state index is -0.423. The largest absolute Gasteiger partial charge is 0.496 e. The maximum atomic E-state index is 5.77. The van der Waals surface area contributed by atoms with Crippen LogP contribution in [0.1, 0.15) is 0 Å². The summed E-state index contributed by atoms with van der Waals surface area (Å²) in [5.41, 5.74) is 3.40. The van der Waals surface area contributed by atoms with E-state index in [1.54, 1.807) is 12.4 Å². The summed E-state index contributed by atoms with van der Waals surface area (Å²) in [4.78, 5) is 9.15. The van der Waals surface area contributed by atoms with Crippen LogP contribution in [0.3, 0.4) is 0 Å². The van der Waals surface area contributed by atoms with Crippen LogP contribution in [0.15, 0.2) is 36.7 Å². The molecule has 6 nitrogen and oxygen atoms in total. The summed E-state index contributed by atoms with van der Waals surface area (Å²) in [6.07, 6.45) is 3.38. The molecule has 2 aliphatic rings. The van der Waals surface area contributed by atoms with Crippen molar-refractivity contribution in [3.63, 3.8) is 0 Å². The highest BCUT2D eigenvalue weighted by Crippen LogP contribution is 2.21. The lowest BCUT2D eigenvalue weighted by Crippen LogP contribution is -2.40. The van der Waals surface area contributed by atoms with Crippen molar-refractivity contribution in [2.45, 2.75) is 0 Å². The van der Waals surface area contributed by atoms with Crippen LogP contribution in [0.25, 0.3) is 21.8 Å². The first-order chi connectivity index (χ1) is 11.9. The van der Waals surface area contributed by atoms with Crippen molar-refractivity contribution in [2.24, 2.45) is 0 Å². The minimum Gasteiger partial charge on any atom is -0.405 e. The number of rotatable bonds is 2. The van der Waals surface area contributed by atoms with Crippen LogP contribution in [0.2, 0.25) is 0 Å². The summed E-state index contributed by atoms with van der Waals surface area (Å²) in [7, 11) is -0.845. The van der Waals surface area contributed by atoms with Crippen molar-refractivity contribution in [3.05, 3.63) is 36.7 Å². The highest BCUT2D eigenvalue weighted by atomic mass is 16.6. The SMILES string of the molecule is c1ccc2c(B3OCCO3)c3nccnc3c(B3OCCO3)c2c1. The maximum absolute atomic E-state index is 5.77. The van der Waals surface area contributed by atoms with Gasteiger partial charge in [0.2, 0.25) is 0 Å². The van der Waals surface area contributed by atoms with Crippen molar-refractivity contribution >= 4 is 47.0 Å². The Hall–Kier alpha value is -1.99. The van der Waals surface area contributed by atoms with E-state index in [1.807, 2.05) is 12.1 Å². The fourth-order valence-corrected chi connectivity index (χ4v) is 3.47. The topological polar surface area (TPSA) is 62.7 Å².